The fourth-order valence-electron chi connectivity index (χ4n) is 0.283. The number of halogens is 1. The lowest BCUT2D eigenvalue weighted by molar-refractivity contribution is -0.141. The highest BCUT2D eigenvalue weighted by molar-refractivity contribution is 6.35. The molecule has 1 unspecified atom stereocenters. The average molecular weight is 149 g/mol. The molecule has 0 heterocycles. The number of rotatable bonds is 2. The molecule has 0 N–H and O–H groups in total. The van der Waals surface area contributed by atoms with E-state index in [2.05, 4.69) is 11.3 Å². The van der Waals surface area contributed by atoms with E-state index in [4.69, 9.17) is 11.6 Å². The number of methoxy groups -OCH3 is 1. The van der Waals surface area contributed by atoms with E-state index in [9.17, 15) is 4.79 Å². The summed E-state index contributed by atoms with van der Waals surface area (Å²) in [7, 11) is 1.28. The summed E-state index contributed by atoms with van der Waals surface area (Å²) in [5.41, 5.74) is 0. The van der Waals surface area contributed by atoms with Crippen molar-refractivity contribution >= 4 is 17.6 Å². The molecule has 0 amide bonds. The molecule has 0 saturated carbocycles. The number of ether oxygens (including phenoxy) is 1. The number of esters is 1. The highest BCUT2D eigenvalue weighted by Crippen LogP contribution is 2.16. The SMILES string of the molecule is C=CC(C)(Cl)C(=O)OC. The molecule has 2 nitrogen and oxygen atoms in total. The van der Waals surface area contributed by atoms with Gasteiger partial charge in [-0.1, -0.05) is 6.08 Å². The molecule has 0 fully saturated rings. The molecule has 0 aliphatic carbocycles. The lowest BCUT2D eigenvalue weighted by Crippen LogP contribution is -2.26. The van der Waals surface area contributed by atoms with Crippen molar-refractivity contribution in [2.45, 2.75) is 11.8 Å². The Labute approximate surface area is 59.5 Å². The number of hydrogen-bond donors (Lipinski definition) is 0. The molecular weight excluding hydrogens is 140 g/mol. The van der Waals surface area contributed by atoms with Crippen LogP contribution in [0.1, 0.15) is 6.92 Å². The van der Waals surface area contributed by atoms with Gasteiger partial charge >= 0.3 is 5.97 Å². The van der Waals surface area contributed by atoms with Crippen LogP contribution >= 0.6 is 11.6 Å². The van der Waals surface area contributed by atoms with Gasteiger partial charge in [-0.05, 0) is 6.92 Å². The van der Waals surface area contributed by atoms with Crippen molar-refractivity contribution in [3.05, 3.63) is 12.7 Å². The maximum Gasteiger partial charge on any atom is 0.330 e. The highest BCUT2D eigenvalue weighted by Gasteiger charge is 2.27. The zero-order chi connectivity index (χ0) is 7.49. The van der Waals surface area contributed by atoms with E-state index in [1.54, 1.807) is 0 Å². The monoisotopic (exact) mass is 148 g/mol. The van der Waals surface area contributed by atoms with Gasteiger partial charge < -0.3 is 4.74 Å². The third-order valence-electron chi connectivity index (χ3n) is 0.968. The molecule has 0 aromatic rings. The summed E-state index contributed by atoms with van der Waals surface area (Å²) in [6, 6.07) is 0. The third-order valence-corrected chi connectivity index (χ3v) is 1.28. The largest absolute Gasteiger partial charge is 0.467 e. The summed E-state index contributed by atoms with van der Waals surface area (Å²) in [5.74, 6) is -0.487. The summed E-state index contributed by atoms with van der Waals surface area (Å²) >= 11 is 5.58. The van der Waals surface area contributed by atoms with Crippen LogP contribution in [0.5, 0.6) is 0 Å². The molecule has 0 bridgehead atoms. The van der Waals surface area contributed by atoms with Crippen LogP contribution in [0.25, 0.3) is 0 Å². The fourth-order valence-corrected chi connectivity index (χ4v) is 0.360. The van der Waals surface area contributed by atoms with Crippen molar-refractivity contribution in [2.24, 2.45) is 0 Å². The van der Waals surface area contributed by atoms with Crippen LogP contribution in [-0.2, 0) is 9.53 Å². The lowest BCUT2D eigenvalue weighted by atomic mass is 10.2. The second-order valence-corrected chi connectivity index (χ2v) is 2.56. The Hall–Kier alpha value is -0.500. The molecule has 0 aliphatic rings. The van der Waals surface area contributed by atoms with Crippen molar-refractivity contribution in [1.29, 1.82) is 0 Å². The minimum atomic E-state index is -1.07. The average Bonchev–Trinajstić information content (AvgIpc) is 1.86. The Morgan fingerprint density at radius 3 is 2.44 bits per heavy atom. The molecule has 0 aromatic carbocycles. The second kappa shape index (κ2) is 2.87. The van der Waals surface area contributed by atoms with E-state index >= 15 is 0 Å². The lowest BCUT2D eigenvalue weighted by Gasteiger charge is -2.12. The van der Waals surface area contributed by atoms with Crippen LogP contribution in [0.4, 0.5) is 0 Å². The summed E-state index contributed by atoms with van der Waals surface area (Å²) < 4.78 is 4.36. The number of carbonyl (C=O) groups excluding carboxylic acids is 1. The fraction of sp³-hybridized carbons (Fsp3) is 0.500. The van der Waals surface area contributed by atoms with Crippen molar-refractivity contribution in [3.8, 4) is 0 Å². The minimum absolute atomic E-state index is 0.487. The maximum atomic E-state index is 10.6. The molecule has 0 radical (unpaired) electrons. The predicted octanol–water partition coefficient (Wildman–Crippen LogP) is 1.34. The summed E-state index contributed by atoms with van der Waals surface area (Å²) in [5, 5.41) is 0. The van der Waals surface area contributed by atoms with Gasteiger partial charge in [0.1, 0.15) is 0 Å². The standard InChI is InChI=1S/C6H9ClO2/c1-4-6(2,7)5(8)9-3/h4H,1H2,2-3H3. The smallest absolute Gasteiger partial charge is 0.330 e. The third kappa shape index (κ3) is 2.06. The van der Waals surface area contributed by atoms with E-state index in [0.717, 1.165) is 0 Å². The topological polar surface area (TPSA) is 26.3 Å². The Kier molecular flexibility index (Phi) is 2.71. The van der Waals surface area contributed by atoms with Gasteiger partial charge in [0.25, 0.3) is 0 Å². The molecule has 0 saturated heterocycles. The first-order valence-electron chi connectivity index (χ1n) is 2.45. The van der Waals surface area contributed by atoms with Gasteiger partial charge in [0, 0.05) is 0 Å². The molecular formula is C6H9ClO2. The predicted molar refractivity (Wildman–Crippen MR) is 36.5 cm³/mol. The molecule has 3 heteroatoms. The molecule has 0 spiro atoms. The number of carbonyl (C=O) groups is 1. The summed E-state index contributed by atoms with van der Waals surface area (Å²) in [6.45, 7) is 4.89. The van der Waals surface area contributed by atoms with Gasteiger partial charge in [-0.15, -0.1) is 18.2 Å². The summed E-state index contributed by atoms with van der Waals surface area (Å²) in [4.78, 5) is 9.56. The summed E-state index contributed by atoms with van der Waals surface area (Å²) in [6.07, 6.45) is 1.33. The van der Waals surface area contributed by atoms with Crippen molar-refractivity contribution in [3.63, 3.8) is 0 Å². The molecule has 9 heavy (non-hydrogen) atoms. The Bertz CT molecular complexity index is 129. The maximum absolute atomic E-state index is 10.6. The first kappa shape index (κ1) is 8.50. The van der Waals surface area contributed by atoms with Gasteiger partial charge in [-0.2, -0.15) is 0 Å². The van der Waals surface area contributed by atoms with Gasteiger partial charge in [-0.3, -0.25) is 0 Å². The molecule has 1 atom stereocenters. The molecule has 0 aliphatic heterocycles. The van der Waals surface area contributed by atoms with E-state index in [1.807, 2.05) is 0 Å². The van der Waals surface area contributed by atoms with Crippen LogP contribution in [0.2, 0.25) is 0 Å². The zero-order valence-electron chi connectivity index (χ0n) is 5.48. The van der Waals surface area contributed by atoms with Crippen molar-refractivity contribution in [2.75, 3.05) is 7.11 Å². The Morgan fingerprint density at radius 1 is 1.89 bits per heavy atom. The van der Waals surface area contributed by atoms with Gasteiger partial charge in [0.2, 0.25) is 0 Å². The first-order chi connectivity index (χ1) is 4.04. The van der Waals surface area contributed by atoms with Crippen LogP contribution < -0.4 is 0 Å². The number of alkyl halides is 1. The highest BCUT2D eigenvalue weighted by atomic mass is 35.5. The van der Waals surface area contributed by atoms with Gasteiger partial charge in [-0.25, -0.2) is 4.79 Å². The van der Waals surface area contributed by atoms with Gasteiger partial charge in [0.15, 0.2) is 4.87 Å². The first-order valence-corrected chi connectivity index (χ1v) is 2.83. The van der Waals surface area contributed by atoms with E-state index < -0.39 is 10.8 Å². The van der Waals surface area contributed by atoms with Crippen molar-refractivity contribution in [1.82, 2.24) is 0 Å². The molecule has 0 rings (SSSR count). The second-order valence-electron chi connectivity index (χ2n) is 1.77. The van der Waals surface area contributed by atoms with E-state index in [-0.39, 0.29) is 0 Å². The zero-order valence-corrected chi connectivity index (χ0v) is 6.23. The quantitative estimate of drug-likeness (QED) is 0.336. The molecule has 52 valence electrons. The normalized spacial score (nSPS) is 15.9. The van der Waals surface area contributed by atoms with Crippen LogP contribution in [-0.4, -0.2) is 18.0 Å². The van der Waals surface area contributed by atoms with E-state index in [0.29, 0.717) is 0 Å². The van der Waals surface area contributed by atoms with Crippen LogP contribution in [0.3, 0.4) is 0 Å². The number of hydrogen-bond acceptors (Lipinski definition) is 2. The van der Waals surface area contributed by atoms with Gasteiger partial charge in [0.05, 0.1) is 7.11 Å². The minimum Gasteiger partial charge on any atom is -0.467 e. The van der Waals surface area contributed by atoms with Crippen LogP contribution in [0, 0.1) is 0 Å². The van der Waals surface area contributed by atoms with Crippen molar-refractivity contribution < 1.29 is 9.53 Å². The molecule has 0 aromatic heterocycles. The Balaban J connectivity index is 4.14. The Morgan fingerprint density at radius 2 is 2.33 bits per heavy atom. The van der Waals surface area contributed by atoms with Crippen LogP contribution in [0.15, 0.2) is 12.7 Å². The van der Waals surface area contributed by atoms with E-state index in [1.165, 1.54) is 20.1 Å².